The third-order valence-electron chi connectivity index (χ3n) is 2.31. The minimum absolute atomic E-state index is 0.000945. The zero-order chi connectivity index (χ0) is 10.2. The molecular weight excluding hydrogens is 206 g/mol. The van der Waals surface area contributed by atoms with Gasteiger partial charge in [0, 0.05) is 6.42 Å². The van der Waals surface area contributed by atoms with Gasteiger partial charge >= 0.3 is 0 Å². The molecule has 0 radical (unpaired) electrons. The molecule has 5 heteroatoms. The fourth-order valence-corrected chi connectivity index (χ4v) is 1.74. The van der Waals surface area contributed by atoms with Crippen molar-refractivity contribution >= 4 is 17.3 Å². The first-order valence-corrected chi connectivity index (χ1v) is 5.24. The molecule has 2 aliphatic rings. The van der Waals surface area contributed by atoms with Crippen LogP contribution in [0.15, 0.2) is 5.16 Å². The number of ether oxygens (including phenoxy) is 2. The van der Waals surface area contributed by atoms with Crippen LogP contribution < -0.4 is 0 Å². The lowest BCUT2D eigenvalue weighted by Gasteiger charge is -2.16. The summed E-state index contributed by atoms with van der Waals surface area (Å²) in [6, 6.07) is 0. The van der Waals surface area contributed by atoms with Gasteiger partial charge in [-0.25, -0.2) is 0 Å². The van der Waals surface area contributed by atoms with E-state index in [1.165, 1.54) is 0 Å². The van der Waals surface area contributed by atoms with Crippen LogP contribution in [0.25, 0.3) is 0 Å². The van der Waals surface area contributed by atoms with Crippen LogP contribution in [-0.4, -0.2) is 36.2 Å². The predicted molar refractivity (Wildman–Crippen MR) is 52.5 cm³/mol. The maximum Gasteiger partial charge on any atom is 0.163 e. The standard InChI is InChI=1S/C9H14ClNO3/c1-9(2)12-5-8(13-9)7-3-6(4-10)14-11-7/h6,8H,3-5H2,1-2H3/t6-,8-/m1/s1. The second-order valence-electron chi connectivity index (χ2n) is 3.99. The van der Waals surface area contributed by atoms with E-state index in [0.717, 1.165) is 12.1 Å². The normalized spacial score (nSPS) is 35.5. The summed E-state index contributed by atoms with van der Waals surface area (Å²) < 4.78 is 11.1. The van der Waals surface area contributed by atoms with Crippen molar-refractivity contribution < 1.29 is 14.3 Å². The lowest BCUT2D eigenvalue weighted by molar-refractivity contribution is -0.131. The molecule has 0 aromatic rings. The summed E-state index contributed by atoms with van der Waals surface area (Å²) in [6.45, 7) is 4.33. The summed E-state index contributed by atoms with van der Waals surface area (Å²) in [5, 5.41) is 3.96. The first-order valence-electron chi connectivity index (χ1n) is 4.71. The minimum Gasteiger partial charge on any atom is -0.391 e. The van der Waals surface area contributed by atoms with E-state index in [1.807, 2.05) is 13.8 Å². The van der Waals surface area contributed by atoms with E-state index in [0.29, 0.717) is 12.5 Å². The van der Waals surface area contributed by atoms with E-state index in [4.69, 9.17) is 25.9 Å². The highest BCUT2D eigenvalue weighted by Crippen LogP contribution is 2.26. The second kappa shape index (κ2) is 3.68. The number of nitrogens with zero attached hydrogens (tertiary/aromatic N) is 1. The molecule has 2 rings (SSSR count). The summed E-state index contributed by atoms with van der Waals surface area (Å²) in [6.07, 6.45) is 0.672. The van der Waals surface area contributed by atoms with Gasteiger partial charge in [-0.15, -0.1) is 11.6 Å². The fourth-order valence-electron chi connectivity index (χ4n) is 1.57. The topological polar surface area (TPSA) is 40.0 Å². The zero-order valence-corrected chi connectivity index (χ0v) is 9.08. The highest BCUT2D eigenvalue weighted by Gasteiger charge is 2.38. The first-order chi connectivity index (χ1) is 6.61. The molecule has 0 amide bonds. The molecule has 0 bridgehead atoms. The predicted octanol–water partition coefficient (Wildman–Crippen LogP) is 1.52. The molecule has 0 spiro atoms. The van der Waals surface area contributed by atoms with Crippen molar-refractivity contribution in [1.29, 1.82) is 0 Å². The summed E-state index contributed by atoms with van der Waals surface area (Å²) in [5.41, 5.74) is 0.904. The molecule has 1 saturated heterocycles. The van der Waals surface area contributed by atoms with E-state index in [-0.39, 0.29) is 12.2 Å². The van der Waals surface area contributed by atoms with E-state index >= 15 is 0 Å². The van der Waals surface area contributed by atoms with Crippen LogP contribution >= 0.6 is 11.6 Å². The molecule has 14 heavy (non-hydrogen) atoms. The number of halogens is 1. The van der Waals surface area contributed by atoms with Crippen molar-refractivity contribution in [3.8, 4) is 0 Å². The molecule has 0 aromatic heterocycles. The Hall–Kier alpha value is -0.320. The van der Waals surface area contributed by atoms with Gasteiger partial charge < -0.3 is 14.3 Å². The van der Waals surface area contributed by atoms with Crippen molar-refractivity contribution in [2.24, 2.45) is 5.16 Å². The van der Waals surface area contributed by atoms with E-state index in [9.17, 15) is 0 Å². The molecule has 0 N–H and O–H groups in total. The van der Waals surface area contributed by atoms with Crippen molar-refractivity contribution in [3.63, 3.8) is 0 Å². The monoisotopic (exact) mass is 219 g/mol. The van der Waals surface area contributed by atoms with E-state index in [1.54, 1.807) is 0 Å². The molecule has 2 aliphatic heterocycles. The molecule has 0 aliphatic carbocycles. The molecule has 4 nitrogen and oxygen atoms in total. The van der Waals surface area contributed by atoms with Crippen LogP contribution in [0.4, 0.5) is 0 Å². The second-order valence-corrected chi connectivity index (χ2v) is 4.29. The number of rotatable bonds is 2. The lowest BCUT2D eigenvalue weighted by atomic mass is 10.1. The van der Waals surface area contributed by atoms with Gasteiger partial charge in [0.25, 0.3) is 0 Å². The largest absolute Gasteiger partial charge is 0.391 e. The van der Waals surface area contributed by atoms with Crippen molar-refractivity contribution in [1.82, 2.24) is 0 Å². The fraction of sp³-hybridized carbons (Fsp3) is 0.889. The first kappa shape index (κ1) is 10.2. The van der Waals surface area contributed by atoms with Crippen molar-refractivity contribution in [2.75, 3.05) is 12.5 Å². The molecule has 80 valence electrons. The average Bonchev–Trinajstić information content (AvgIpc) is 2.70. The zero-order valence-electron chi connectivity index (χ0n) is 8.33. The van der Waals surface area contributed by atoms with Crippen LogP contribution in [0, 0.1) is 0 Å². The summed E-state index contributed by atoms with van der Waals surface area (Å²) in [7, 11) is 0. The Balaban J connectivity index is 1.92. The van der Waals surface area contributed by atoms with Gasteiger partial charge in [-0.3, -0.25) is 0 Å². The van der Waals surface area contributed by atoms with Crippen LogP contribution in [0.5, 0.6) is 0 Å². The number of hydrogen-bond acceptors (Lipinski definition) is 4. The molecule has 0 saturated carbocycles. The third kappa shape index (κ3) is 2.02. The summed E-state index contributed by atoms with van der Waals surface area (Å²) in [4.78, 5) is 5.12. The Morgan fingerprint density at radius 1 is 1.57 bits per heavy atom. The van der Waals surface area contributed by atoms with Gasteiger partial charge in [-0.1, -0.05) is 5.16 Å². The van der Waals surface area contributed by atoms with Gasteiger partial charge in [-0.05, 0) is 13.8 Å². The lowest BCUT2D eigenvalue weighted by Crippen LogP contribution is -2.27. The maximum atomic E-state index is 5.67. The van der Waals surface area contributed by atoms with Crippen LogP contribution in [0.2, 0.25) is 0 Å². The maximum absolute atomic E-state index is 5.67. The quantitative estimate of drug-likeness (QED) is 0.662. The Morgan fingerprint density at radius 2 is 2.36 bits per heavy atom. The number of hydrogen-bond donors (Lipinski definition) is 0. The summed E-state index contributed by atoms with van der Waals surface area (Å²) in [5.74, 6) is -0.0454. The van der Waals surface area contributed by atoms with Crippen LogP contribution in [0.1, 0.15) is 20.3 Å². The Bertz CT molecular complexity index is 254. The Morgan fingerprint density at radius 3 is 2.86 bits per heavy atom. The van der Waals surface area contributed by atoms with E-state index < -0.39 is 5.79 Å². The SMILES string of the molecule is CC1(C)OC[C@H](C2=NO[C@@H](CCl)C2)O1. The molecule has 0 unspecified atom stereocenters. The highest BCUT2D eigenvalue weighted by atomic mass is 35.5. The van der Waals surface area contributed by atoms with E-state index in [2.05, 4.69) is 5.16 Å². The van der Waals surface area contributed by atoms with Crippen LogP contribution in [-0.2, 0) is 14.3 Å². The van der Waals surface area contributed by atoms with Crippen LogP contribution in [0.3, 0.4) is 0 Å². The van der Waals surface area contributed by atoms with Gasteiger partial charge in [0.15, 0.2) is 5.79 Å². The minimum atomic E-state index is -0.508. The Labute approximate surface area is 88.1 Å². The molecular formula is C9H14ClNO3. The highest BCUT2D eigenvalue weighted by molar-refractivity contribution is 6.18. The van der Waals surface area contributed by atoms with Gasteiger partial charge in [-0.2, -0.15) is 0 Å². The number of alkyl halides is 1. The smallest absolute Gasteiger partial charge is 0.163 e. The van der Waals surface area contributed by atoms with Crippen molar-refractivity contribution in [2.45, 2.75) is 38.3 Å². The molecule has 1 fully saturated rings. The Kier molecular flexibility index (Phi) is 2.68. The average molecular weight is 220 g/mol. The summed E-state index contributed by atoms with van der Waals surface area (Å²) >= 11 is 5.67. The molecule has 2 heterocycles. The van der Waals surface area contributed by atoms with Gasteiger partial charge in [0.2, 0.25) is 0 Å². The van der Waals surface area contributed by atoms with Gasteiger partial charge in [0.05, 0.1) is 18.2 Å². The molecule has 0 aromatic carbocycles. The third-order valence-corrected chi connectivity index (χ3v) is 2.65. The van der Waals surface area contributed by atoms with Crippen molar-refractivity contribution in [3.05, 3.63) is 0 Å². The van der Waals surface area contributed by atoms with Gasteiger partial charge in [0.1, 0.15) is 12.2 Å². The number of oxime groups is 1. The molecule has 2 atom stereocenters.